The van der Waals surface area contributed by atoms with Gasteiger partial charge in [-0.1, -0.05) is 31.0 Å². The van der Waals surface area contributed by atoms with E-state index in [4.69, 9.17) is 0 Å². The van der Waals surface area contributed by atoms with Crippen molar-refractivity contribution >= 4 is 15.7 Å². The standard InChI is InChI=1S/C17H22FNO3S/c18-15-8-4-3-7-14(15)16-9-10-19(11-12-23(16,21)22)17(20)13-5-1-2-6-13/h3-4,7-8,13,16H,1-2,5-6,9-12H2. The summed E-state index contributed by atoms with van der Waals surface area (Å²) < 4.78 is 39.1. The highest BCUT2D eigenvalue weighted by atomic mass is 32.2. The third kappa shape index (κ3) is 3.42. The van der Waals surface area contributed by atoms with Crippen LogP contribution >= 0.6 is 0 Å². The van der Waals surface area contributed by atoms with Gasteiger partial charge in [0.25, 0.3) is 0 Å². The van der Waals surface area contributed by atoms with Crippen LogP contribution in [-0.4, -0.2) is 38.1 Å². The molecule has 0 aromatic heterocycles. The molecule has 1 heterocycles. The molecule has 1 atom stereocenters. The number of benzene rings is 1. The Bertz CT molecular complexity index is 683. The van der Waals surface area contributed by atoms with Crippen molar-refractivity contribution < 1.29 is 17.6 Å². The van der Waals surface area contributed by atoms with Crippen LogP contribution < -0.4 is 0 Å². The van der Waals surface area contributed by atoms with Gasteiger partial charge < -0.3 is 4.90 Å². The van der Waals surface area contributed by atoms with Crippen LogP contribution in [0.5, 0.6) is 0 Å². The van der Waals surface area contributed by atoms with Gasteiger partial charge in [0.1, 0.15) is 5.82 Å². The van der Waals surface area contributed by atoms with Gasteiger partial charge in [0.15, 0.2) is 9.84 Å². The highest BCUT2D eigenvalue weighted by Crippen LogP contribution is 2.33. The van der Waals surface area contributed by atoms with Gasteiger partial charge >= 0.3 is 0 Å². The summed E-state index contributed by atoms with van der Waals surface area (Å²) in [4.78, 5) is 14.2. The molecular weight excluding hydrogens is 317 g/mol. The highest BCUT2D eigenvalue weighted by molar-refractivity contribution is 7.91. The molecule has 1 aromatic carbocycles. The Morgan fingerprint density at radius 3 is 2.48 bits per heavy atom. The maximum absolute atomic E-state index is 14.0. The minimum Gasteiger partial charge on any atom is -0.341 e. The summed E-state index contributed by atoms with van der Waals surface area (Å²) in [5.74, 6) is -0.462. The number of amides is 1. The summed E-state index contributed by atoms with van der Waals surface area (Å²) in [7, 11) is -3.46. The van der Waals surface area contributed by atoms with E-state index in [0.29, 0.717) is 6.54 Å². The molecule has 126 valence electrons. The zero-order chi connectivity index (χ0) is 16.4. The van der Waals surface area contributed by atoms with Gasteiger partial charge in [0, 0.05) is 24.6 Å². The molecule has 1 aliphatic heterocycles. The number of halogens is 1. The first kappa shape index (κ1) is 16.4. The van der Waals surface area contributed by atoms with Crippen molar-refractivity contribution in [3.05, 3.63) is 35.6 Å². The van der Waals surface area contributed by atoms with Crippen molar-refractivity contribution in [3.63, 3.8) is 0 Å². The number of carbonyl (C=O) groups is 1. The normalized spacial score (nSPS) is 25.3. The first-order valence-electron chi connectivity index (χ1n) is 8.24. The summed E-state index contributed by atoms with van der Waals surface area (Å²) in [5.41, 5.74) is 0.225. The lowest BCUT2D eigenvalue weighted by Gasteiger charge is -2.23. The van der Waals surface area contributed by atoms with E-state index in [1.807, 2.05) is 0 Å². The number of hydrogen-bond acceptors (Lipinski definition) is 3. The van der Waals surface area contributed by atoms with Crippen LogP contribution in [0.4, 0.5) is 4.39 Å². The second kappa shape index (κ2) is 6.59. The number of rotatable bonds is 2. The Morgan fingerprint density at radius 2 is 1.78 bits per heavy atom. The Morgan fingerprint density at radius 1 is 1.09 bits per heavy atom. The predicted octanol–water partition coefficient (Wildman–Crippen LogP) is 2.70. The lowest BCUT2D eigenvalue weighted by molar-refractivity contribution is -0.135. The Balaban J connectivity index is 1.80. The molecule has 0 N–H and O–H groups in total. The molecule has 4 nitrogen and oxygen atoms in total. The van der Waals surface area contributed by atoms with Gasteiger partial charge in [-0.05, 0) is 25.3 Å². The first-order chi connectivity index (χ1) is 11.0. The zero-order valence-corrected chi connectivity index (χ0v) is 13.9. The first-order valence-corrected chi connectivity index (χ1v) is 9.95. The average molecular weight is 339 g/mol. The van der Waals surface area contributed by atoms with Crippen molar-refractivity contribution in [2.75, 3.05) is 18.8 Å². The molecule has 1 saturated heterocycles. The van der Waals surface area contributed by atoms with Gasteiger partial charge in [0.05, 0.1) is 11.0 Å². The minimum absolute atomic E-state index is 0.0442. The molecule has 3 rings (SSSR count). The molecule has 2 aliphatic rings. The predicted molar refractivity (Wildman–Crippen MR) is 86.1 cm³/mol. The van der Waals surface area contributed by atoms with Crippen LogP contribution in [0, 0.1) is 11.7 Å². The van der Waals surface area contributed by atoms with E-state index in [1.165, 1.54) is 12.1 Å². The molecule has 0 spiro atoms. The van der Waals surface area contributed by atoms with Gasteiger partial charge in [-0.3, -0.25) is 4.79 Å². The van der Waals surface area contributed by atoms with Crippen molar-refractivity contribution in [1.29, 1.82) is 0 Å². The smallest absolute Gasteiger partial charge is 0.225 e. The zero-order valence-electron chi connectivity index (χ0n) is 13.1. The fourth-order valence-electron chi connectivity index (χ4n) is 3.68. The van der Waals surface area contributed by atoms with Crippen LogP contribution in [0.15, 0.2) is 24.3 Å². The van der Waals surface area contributed by atoms with E-state index < -0.39 is 20.9 Å². The third-order valence-electron chi connectivity index (χ3n) is 5.01. The second-order valence-corrected chi connectivity index (χ2v) is 8.78. The Kier molecular flexibility index (Phi) is 4.71. The molecule has 2 fully saturated rings. The number of sulfone groups is 1. The fourth-order valence-corrected chi connectivity index (χ4v) is 5.48. The van der Waals surface area contributed by atoms with Gasteiger partial charge in [-0.2, -0.15) is 0 Å². The lowest BCUT2D eigenvalue weighted by Crippen LogP contribution is -2.37. The maximum atomic E-state index is 14.0. The number of nitrogens with zero attached hydrogens (tertiary/aromatic N) is 1. The van der Waals surface area contributed by atoms with E-state index in [0.717, 1.165) is 25.7 Å². The van der Waals surface area contributed by atoms with E-state index in [9.17, 15) is 17.6 Å². The van der Waals surface area contributed by atoms with Crippen LogP contribution in [0.25, 0.3) is 0 Å². The van der Waals surface area contributed by atoms with Crippen molar-refractivity contribution in [2.45, 2.75) is 37.4 Å². The molecule has 1 saturated carbocycles. The van der Waals surface area contributed by atoms with Crippen molar-refractivity contribution in [3.8, 4) is 0 Å². The van der Waals surface area contributed by atoms with Crippen LogP contribution in [0.3, 0.4) is 0 Å². The van der Waals surface area contributed by atoms with Crippen LogP contribution in [-0.2, 0) is 14.6 Å². The lowest BCUT2D eigenvalue weighted by atomic mass is 10.1. The number of hydrogen-bond donors (Lipinski definition) is 0. The SMILES string of the molecule is O=C(C1CCCC1)N1CCC(c2ccccc2F)S(=O)(=O)CC1. The monoisotopic (exact) mass is 339 g/mol. The molecule has 1 aromatic rings. The summed E-state index contributed by atoms with van der Waals surface area (Å²) >= 11 is 0. The molecule has 1 aliphatic carbocycles. The largest absolute Gasteiger partial charge is 0.341 e. The molecule has 1 amide bonds. The van der Waals surface area contributed by atoms with Crippen LogP contribution in [0.1, 0.15) is 42.9 Å². The third-order valence-corrected chi connectivity index (χ3v) is 7.12. The van der Waals surface area contributed by atoms with Crippen molar-refractivity contribution in [1.82, 2.24) is 4.90 Å². The highest BCUT2D eigenvalue weighted by Gasteiger charge is 2.36. The van der Waals surface area contributed by atoms with E-state index in [-0.39, 0.29) is 36.1 Å². The second-order valence-electron chi connectivity index (χ2n) is 6.47. The summed E-state index contributed by atoms with van der Waals surface area (Å²) in [5, 5.41) is -0.856. The minimum atomic E-state index is -3.46. The number of carbonyl (C=O) groups excluding carboxylic acids is 1. The molecule has 6 heteroatoms. The summed E-state index contributed by atoms with van der Waals surface area (Å²) in [6.45, 7) is 0.607. The molecule has 1 unspecified atom stereocenters. The van der Waals surface area contributed by atoms with Crippen LogP contribution in [0.2, 0.25) is 0 Å². The molecular formula is C17H22FNO3S. The van der Waals surface area contributed by atoms with Crippen molar-refractivity contribution in [2.24, 2.45) is 5.92 Å². The maximum Gasteiger partial charge on any atom is 0.225 e. The summed E-state index contributed by atoms with van der Waals surface area (Å²) in [6, 6.07) is 6.03. The van der Waals surface area contributed by atoms with E-state index in [2.05, 4.69) is 0 Å². The average Bonchev–Trinajstić information content (AvgIpc) is 3.00. The van der Waals surface area contributed by atoms with E-state index in [1.54, 1.807) is 17.0 Å². The van der Waals surface area contributed by atoms with Gasteiger partial charge in [0.2, 0.25) is 5.91 Å². The topological polar surface area (TPSA) is 54.5 Å². The summed E-state index contributed by atoms with van der Waals surface area (Å²) in [6.07, 6.45) is 4.21. The molecule has 23 heavy (non-hydrogen) atoms. The fraction of sp³-hybridized carbons (Fsp3) is 0.588. The molecule has 0 bridgehead atoms. The van der Waals surface area contributed by atoms with Gasteiger partial charge in [-0.25, -0.2) is 12.8 Å². The molecule has 0 radical (unpaired) electrons. The van der Waals surface area contributed by atoms with E-state index >= 15 is 0 Å². The quantitative estimate of drug-likeness (QED) is 0.832. The Labute approximate surface area is 136 Å². The Hall–Kier alpha value is -1.43. The van der Waals surface area contributed by atoms with Gasteiger partial charge in [-0.15, -0.1) is 0 Å².